The molecule has 0 aliphatic carbocycles. The van der Waals surface area contributed by atoms with E-state index in [1.807, 2.05) is 12.1 Å². The van der Waals surface area contributed by atoms with Gasteiger partial charge in [-0.2, -0.15) is 0 Å². The molecule has 23 heavy (non-hydrogen) atoms. The fraction of sp³-hybridized carbons (Fsp3) is 0.111. The standard InChI is InChI=1S/C18H14ClNO3/c1-20-15-8-5-13(10-17(15)23-11-18(20)22)16(21)9-4-12-2-6-14(19)7-3-12/h2-10H,11H2,1H3/b9-4+. The number of benzene rings is 2. The van der Waals surface area contributed by atoms with Gasteiger partial charge in [0.1, 0.15) is 5.75 Å². The van der Waals surface area contributed by atoms with Crippen LogP contribution in [-0.4, -0.2) is 25.3 Å². The number of likely N-dealkylation sites (N-methyl/N-ethyl adjacent to an activating group) is 1. The molecule has 2 aromatic carbocycles. The van der Waals surface area contributed by atoms with Gasteiger partial charge in [0, 0.05) is 17.6 Å². The van der Waals surface area contributed by atoms with Gasteiger partial charge in [-0.1, -0.05) is 29.8 Å². The Labute approximate surface area is 138 Å². The predicted molar refractivity (Wildman–Crippen MR) is 90.2 cm³/mol. The number of fused-ring (bicyclic) bond motifs is 1. The molecule has 1 aliphatic heterocycles. The first-order valence-electron chi connectivity index (χ1n) is 7.06. The van der Waals surface area contributed by atoms with Crippen LogP contribution in [0.4, 0.5) is 5.69 Å². The predicted octanol–water partition coefficient (Wildman–Crippen LogP) is 3.59. The number of halogens is 1. The Morgan fingerprint density at radius 2 is 1.96 bits per heavy atom. The maximum Gasteiger partial charge on any atom is 0.264 e. The molecule has 116 valence electrons. The van der Waals surface area contributed by atoms with E-state index >= 15 is 0 Å². The van der Waals surface area contributed by atoms with E-state index in [2.05, 4.69) is 0 Å². The topological polar surface area (TPSA) is 46.6 Å². The van der Waals surface area contributed by atoms with Crippen LogP contribution in [-0.2, 0) is 4.79 Å². The minimum absolute atomic E-state index is 0.0121. The van der Waals surface area contributed by atoms with Gasteiger partial charge in [-0.3, -0.25) is 9.59 Å². The first-order chi connectivity index (χ1) is 11.0. The Morgan fingerprint density at radius 1 is 1.22 bits per heavy atom. The van der Waals surface area contributed by atoms with Crippen molar-refractivity contribution < 1.29 is 14.3 Å². The lowest BCUT2D eigenvalue weighted by molar-refractivity contribution is -0.120. The third-order valence-corrected chi connectivity index (χ3v) is 3.88. The molecule has 0 aromatic heterocycles. The summed E-state index contributed by atoms with van der Waals surface area (Å²) in [7, 11) is 1.69. The number of nitrogens with zero attached hydrogens (tertiary/aromatic N) is 1. The summed E-state index contributed by atoms with van der Waals surface area (Å²) >= 11 is 5.83. The summed E-state index contributed by atoms with van der Waals surface area (Å²) in [6, 6.07) is 12.3. The van der Waals surface area contributed by atoms with Crippen LogP contribution in [0.25, 0.3) is 6.08 Å². The quantitative estimate of drug-likeness (QED) is 0.639. The Hall–Kier alpha value is -2.59. The molecular formula is C18H14ClNO3. The fourth-order valence-corrected chi connectivity index (χ4v) is 2.40. The largest absolute Gasteiger partial charge is 0.482 e. The number of anilines is 1. The lowest BCUT2D eigenvalue weighted by atomic mass is 10.1. The third-order valence-electron chi connectivity index (χ3n) is 3.63. The van der Waals surface area contributed by atoms with Crippen LogP contribution in [0.3, 0.4) is 0 Å². The highest BCUT2D eigenvalue weighted by molar-refractivity contribution is 6.30. The van der Waals surface area contributed by atoms with Crippen molar-refractivity contribution >= 4 is 35.1 Å². The molecule has 0 saturated carbocycles. The summed E-state index contributed by atoms with van der Waals surface area (Å²) in [5, 5.41) is 0.652. The van der Waals surface area contributed by atoms with Gasteiger partial charge in [-0.05, 0) is 42.0 Å². The molecule has 0 N–H and O–H groups in total. The molecule has 0 radical (unpaired) electrons. The maximum absolute atomic E-state index is 12.3. The zero-order valence-corrected chi connectivity index (χ0v) is 13.2. The van der Waals surface area contributed by atoms with E-state index in [4.69, 9.17) is 16.3 Å². The summed E-state index contributed by atoms with van der Waals surface area (Å²) in [6.45, 7) is -0.0121. The number of carbonyl (C=O) groups excluding carboxylic acids is 2. The van der Waals surface area contributed by atoms with Gasteiger partial charge in [0.05, 0.1) is 5.69 Å². The number of allylic oxidation sites excluding steroid dienone is 1. The number of ether oxygens (including phenoxy) is 1. The Kier molecular flexibility index (Phi) is 4.17. The molecule has 1 heterocycles. The molecular weight excluding hydrogens is 314 g/mol. The van der Waals surface area contributed by atoms with E-state index in [-0.39, 0.29) is 18.3 Å². The summed E-state index contributed by atoms with van der Waals surface area (Å²) in [4.78, 5) is 25.4. The van der Waals surface area contributed by atoms with E-state index in [1.54, 1.807) is 43.5 Å². The van der Waals surface area contributed by atoms with Crippen molar-refractivity contribution in [3.8, 4) is 5.75 Å². The van der Waals surface area contributed by atoms with Crippen molar-refractivity contribution in [2.75, 3.05) is 18.6 Å². The highest BCUT2D eigenvalue weighted by atomic mass is 35.5. The van der Waals surface area contributed by atoms with Gasteiger partial charge >= 0.3 is 0 Å². The minimum atomic E-state index is -0.133. The first-order valence-corrected chi connectivity index (χ1v) is 7.44. The number of rotatable bonds is 3. The number of carbonyl (C=O) groups is 2. The molecule has 0 spiro atoms. The Balaban J connectivity index is 1.80. The monoisotopic (exact) mass is 327 g/mol. The van der Waals surface area contributed by atoms with E-state index in [0.717, 1.165) is 5.56 Å². The highest BCUT2D eigenvalue weighted by Crippen LogP contribution is 2.32. The average molecular weight is 328 g/mol. The molecule has 0 bridgehead atoms. The molecule has 1 aliphatic rings. The SMILES string of the molecule is CN1C(=O)COc2cc(C(=O)/C=C/c3ccc(Cl)cc3)ccc21. The van der Waals surface area contributed by atoms with Crippen LogP contribution in [0, 0.1) is 0 Å². The van der Waals surface area contributed by atoms with Crippen LogP contribution in [0.15, 0.2) is 48.5 Å². The summed E-state index contributed by atoms with van der Waals surface area (Å²) in [6.07, 6.45) is 3.23. The van der Waals surface area contributed by atoms with Gasteiger partial charge in [0.25, 0.3) is 5.91 Å². The van der Waals surface area contributed by atoms with Crippen molar-refractivity contribution in [1.29, 1.82) is 0 Å². The zero-order chi connectivity index (χ0) is 16.4. The van der Waals surface area contributed by atoms with Gasteiger partial charge in [0.15, 0.2) is 12.4 Å². The number of amides is 1. The van der Waals surface area contributed by atoms with Crippen molar-refractivity contribution in [2.24, 2.45) is 0 Å². The molecule has 2 aromatic rings. The van der Waals surface area contributed by atoms with Crippen LogP contribution < -0.4 is 9.64 Å². The van der Waals surface area contributed by atoms with E-state index in [1.165, 1.54) is 11.0 Å². The second-order valence-corrected chi connectivity index (χ2v) is 5.61. The van der Waals surface area contributed by atoms with Crippen LogP contribution in [0.1, 0.15) is 15.9 Å². The Bertz CT molecular complexity index is 796. The second kappa shape index (κ2) is 6.26. The van der Waals surface area contributed by atoms with Crippen molar-refractivity contribution in [3.63, 3.8) is 0 Å². The smallest absolute Gasteiger partial charge is 0.264 e. The van der Waals surface area contributed by atoms with Gasteiger partial charge < -0.3 is 9.64 Å². The lowest BCUT2D eigenvalue weighted by Crippen LogP contribution is -2.35. The average Bonchev–Trinajstić information content (AvgIpc) is 2.57. The fourth-order valence-electron chi connectivity index (χ4n) is 2.27. The molecule has 5 heteroatoms. The summed E-state index contributed by atoms with van der Waals surface area (Å²) in [5.41, 5.74) is 2.07. The van der Waals surface area contributed by atoms with Crippen molar-refractivity contribution in [3.05, 3.63) is 64.7 Å². The lowest BCUT2D eigenvalue weighted by Gasteiger charge is -2.26. The van der Waals surface area contributed by atoms with Crippen LogP contribution in [0.5, 0.6) is 5.75 Å². The molecule has 0 unspecified atom stereocenters. The molecule has 1 amide bonds. The third kappa shape index (κ3) is 3.27. The number of ketones is 1. The summed E-state index contributed by atoms with van der Waals surface area (Å²) < 4.78 is 5.39. The minimum Gasteiger partial charge on any atom is -0.482 e. The Morgan fingerprint density at radius 3 is 2.70 bits per heavy atom. The van der Waals surface area contributed by atoms with Crippen molar-refractivity contribution in [2.45, 2.75) is 0 Å². The zero-order valence-electron chi connectivity index (χ0n) is 12.5. The second-order valence-electron chi connectivity index (χ2n) is 5.17. The first kappa shape index (κ1) is 15.3. The van der Waals surface area contributed by atoms with Crippen LogP contribution >= 0.6 is 11.6 Å². The van der Waals surface area contributed by atoms with Gasteiger partial charge in [0.2, 0.25) is 0 Å². The summed E-state index contributed by atoms with van der Waals surface area (Å²) in [5.74, 6) is 0.294. The highest BCUT2D eigenvalue weighted by Gasteiger charge is 2.22. The molecule has 0 saturated heterocycles. The molecule has 3 rings (SSSR count). The van der Waals surface area contributed by atoms with Gasteiger partial charge in [-0.15, -0.1) is 0 Å². The normalized spacial score (nSPS) is 13.8. The molecule has 0 atom stereocenters. The maximum atomic E-state index is 12.3. The number of hydrogen-bond acceptors (Lipinski definition) is 3. The van der Waals surface area contributed by atoms with Crippen LogP contribution in [0.2, 0.25) is 5.02 Å². The van der Waals surface area contributed by atoms with Gasteiger partial charge in [-0.25, -0.2) is 0 Å². The number of hydrogen-bond donors (Lipinski definition) is 0. The molecule has 0 fully saturated rings. The molecule has 4 nitrogen and oxygen atoms in total. The van der Waals surface area contributed by atoms with E-state index in [9.17, 15) is 9.59 Å². The van der Waals surface area contributed by atoms with Crippen molar-refractivity contribution in [1.82, 2.24) is 0 Å². The van der Waals surface area contributed by atoms with E-state index in [0.29, 0.717) is 22.0 Å². The van der Waals surface area contributed by atoms with E-state index < -0.39 is 0 Å².